The minimum Gasteiger partial charge on any atom is -0.481 e. The Morgan fingerprint density at radius 3 is 2.55 bits per heavy atom. The van der Waals surface area contributed by atoms with Crippen LogP contribution in [0.15, 0.2) is 11.6 Å². The van der Waals surface area contributed by atoms with Gasteiger partial charge in [0.1, 0.15) is 5.60 Å². The molecule has 4 aliphatic rings. The summed E-state index contributed by atoms with van der Waals surface area (Å²) in [6, 6.07) is 0. The maximum Gasteiger partial charge on any atom is 0.306 e. The molecular formula is C25H34O8. The molecule has 0 saturated heterocycles. The Labute approximate surface area is 193 Å². The van der Waals surface area contributed by atoms with Crippen LogP contribution in [0.25, 0.3) is 0 Å². The third kappa shape index (κ3) is 3.75. The smallest absolute Gasteiger partial charge is 0.306 e. The largest absolute Gasteiger partial charge is 0.481 e. The zero-order valence-electron chi connectivity index (χ0n) is 19.3. The van der Waals surface area contributed by atoms with Gasteiger partial charge in [-0.25, -0.2) is 0 Å². The van der Waals surface area contributed by atoms with Crippen LogP contribution in [0.5, 0.6) is 0 Å². The van der Waals surface area contributed by atoms with Crippen molar-refractivity contribution in [3.8, 4) is 0 Å². The number of hydrogen-bond donors (Lipinski definition) is 3. The number of hydrogen-bond acceptors (Lipinski definition) is 7. The minimum absolute atomic E-state index is 0.0185. The van der Waals surface area contributed by atoms with E-state index >= 15 is 0 Å². The van der Waals surface area contributed by atoms with Crippen molar-refractivity contribution in [1.29, 1.82) is 0 Å². The van der Waals surface area contributed by atoms with E-state index in [4.69, 9.17) is 9.84 Å². The van der Waals surface area contributed by atoms with E-state index < -0.39 is 41.4 Å². The number of Topliss-reactive ketones (excluding diaryl/α,β-unsaturated/α-hetero) is 1. The second-order valence-electron chi connectivity index (χ2n) is 11.0. The second kappa shape index (κ2) is 8.31. The molecule has 4 rings (SSSR count). The molecule has 7 atom stereocenters. The Kier molecular flexibility index (Phi) is 6.06. The first-order valence-corrected chi connectivity index (χ1v) is 12.0. The molecule has 0 amide bonds. The van der Waals surface area contributed by atoms with E-state index in [1.54, 1.807) is 6.08 Å². The molecule has 0 spiro atoms. The summed E-state index contributed by atoms with van der Waals surface area (Å²) in [4.78, 5) is 47.5. The molecule has 0 aliphatic heterocycles. The molecule has 0 radical (unpaired) electrons. The van der Waals surface area contributed by atoms with E-state index in [0.717, 1.165) is 24.8 Å². The van der Waals surface area contributed by atoms with E-state index in [-0.39, 0.29) is 54.6 Å². The number of aliphatic hydroxyl groups is 2. The number of ketones is 2. The van der Waals surface area contributed by atoms with Crippen molar-refractivity contribution in [2.24, 2.45) is 28.6 Å². The number of aliphatic carboxylic acids is 1. The summed E-state index contributed by atoms with van der Waals surface area (Å²) in [5.41, 5.74) is -1.68. The van der Waals surface area contributed by atoms with Gasteiger partial charge in [0.25, 0.3) is 0 Å². The fourth-order valence-corrected chi connectivity index (χ4v) is 7.70. The first-order valence-electron chi connectivity index (χ1n) is 12.0. The molecule has 8 nitrogen and oxygen atoms in total. The van der Waals surface area contributed by atoms with E-state index in [2.05, 4.69) is 6.92 Å². The van der Waals surface area contributed by atoms with Gasteiger partial charge in [0, 0.05) is 11.8 Å². The quantitative estimate of drug-likeness (QED) is 0.511. The van der Waals surface area contributed by atoms with E-state index in [9.17, 15) is 29.4 Å². The highest BCUT2D eigenvalue weighted by atomic mass is 16.5. The second-order valence-corrected chi connectivity index (χ2v) is 11.0. The average molecular weight is 463 g/mol. The number of rotatable bonds is 6. The number of esters is 1. The molecule has 0 aromatic rings. The van der Waals surface area contributed by atoms with Crippen LogP contribution >= 0.6 is 0 Å². The lowest BCUT2D eigenvalue weighted by Gasteiger charge is -2.60. The molecule has 3 saturated carbocycles. The number of aliphatic hydroxyl groups excluding tert-OH is 1. The highest BCUT2D eigenvalue weighted by Gasteiger charge is 2.68. The number of allylic oxidation sites excluding steroid dienone is 1. The highest BCUT2D eigenvalue weighted by molar-refractivity contribution is 5.92. The van der Waals surface area contributed by atoms with Crippen LogP contribution in [0, 0.1) is 28.6 Å². The third-order valence-electron chi connectivity index (χ3n) is 9.42. The standard InChI is InChI=1S/C25H34O8/c1-23-9-7-15(26)11-14(23)3-4-16-17-8-10-25(32,24(17,2)12-18(27)22(16)23)19(28)13-33-21(31)6-5-20(29)30/h11,16-18,22,27,32H,3-10,12-13H2,1-2H3,(H,29,30)/t16-,17-,18?,22+,23-,24-,25-/m0/s1. The lowest BCUT2D eigenvalue weighted by atomic mass is 9.45. The van der Waals surface area contributed by atoms with Gasteiger partial charge in [0.05, 0.1) is 18.9 Å². The Bertz CT molecular complexity index is 908. The summed E-state index contributed by atoms with van der Waals surface area (Å²) in [6.45, 7) is 3.41. The fraction of sp³-hybridized carbons (Fsp3) is 0.760. The Morgan fingerprint density at radius 2 is 1.85 bits per heavy atom. The van der Waals surface area contributed by atoms with Crippen LogP contribution in [0.3, 0.4) is 0 Å². The van der Waals surface area contributed by atoms with Crippen molar-refractivity contribution in [1.82, 2.24) is 0 Å². The van der Waals surface area contributed by atoms with Gasteiger partial charge >= 0.3 is 11.9 Å². The molecule has 8 heteroatoms. The fourth-order valence-electron chi connectivity index (χ4n) is 7.70. The number of carbonyl (C=O) groups is 4. The summed E-state index contributed by atoms with van der Waals surface area (Å²) in [6.07, 6.45) is 4.30. The number of fused-ring (bicyclic) bond motifs is 5. The topological polar surface area (TPSA) is 138 Å². The predicted molar refractivity (Wildman–Crippen MR) is 116 cm³/mol. The zero-order valence-corrected chi connectivity index (χ0v) is 19.3. The molecular weight excluding hydrogens is 428 g/mol. The monoisotopic (exact) mass is 462 g/mol. The van der Waals surface area contributed by atoms with Gasteiger partial charge < -0.3 is 20.1 Å². The van der Waals surface area contributed by atoms with Crippen molar-refractivity contribution in [3.05, 3.63) is 11.6 Å². The predicted octanol–water partition coefficient (Wildman–Crippen LogP) is 2.20. The van der Waals surface area contributed by atoms with E-state index in [1.165, 1.54) is 0 Å². The minimum atomic E-state index is -1.71. The van der Waals surface area contributed by atoms with Crippen molar-refractivity contribution in [2.45, 2.75) is 83.3 Å². The van der Waals surface area contributed by atoms with Gasteiger partial charge in [0.2, 0.25) is 5.78 Å². The van der Waals surface area contributed by atoms with E-state index in [0.29, 0.717) is 12.8 Å². The highest BCUT2D eigenvalue weighted by Crippen LogP contribution is 2.67. The van der Waals surface area contributed by atoms with Crippen LogP contribution in [-0.2, 0) is 23.9 Å². The lowest BCUT2D eigenvalue weighted by Crippen LogP contribution is -2.62. The maximum atomic E-state index is 13.1. The van der Waals surface area contributed by atoms with Crippen molar-refractivity contribution in [3.63, 3.8) is 0 Å². The van der Waals surface area contributed by atoms with E-state index in [1.807, 2.05) is 6.92 Å². The summed E-state index contributed by atoms with van der Waals surface area (Å²) < 4.78 is 4.97. The Morgan fingerprint density at radius 1 is 1.12 bits per heavy atom. The molecule has 0 bridgehead atoms. The molecule has 1 unspecified atom stereocenters. The van der Waals surface area contributed by atoms with Crippen LogP contribution < -0.4 is 0 Å². The third-order valence-corrected chi connectivity index (χ3v) is 9.42. The first-order chi connectivity index (χ1) is 15.4. The Balaban J connectivity index is 1.53. The van der Waals surface area contributed by atoms with Crippen LogP contribution in [0.1, 0.15) is 71.6 Å². The zero-order chi connectivity index (χ0) is 24.2. The summed E-state index contributed by atoms with van der Waals surface area (Å²) >= 11 is 0. The van der Waals surface area contributed by atoms with Crippen molar-refractivity contribution >= 4 is 23.5 Å². The van der Waals surface area contributed by atoms with Crippen LogP contribution in [0.4, 0.5) is 0 Å². The number of carbonyl (C=O) groups excluding carboxylic acids is 3. The van der Waals surface area contributed by atoms with Crippen LogP contribution in [-0.4, -0.2) is 57.1 Å². The van der Waals surface area contributed by atoms with Crippen molar-refractivity contribution < 1.29 is 39.2 Å². The maximum absolute atomic E-state index is 13.1. The van der Waals surface area contributed by atoms with Gasteiger partial charge in [-0.3, -0.25) is 19.2 Å². The SMILES string of the molecule is C[C@]12CCC(=O)C=C1CC[C@@H]1[C@@H]2C(O)C[C@@]2(C)[C@H]1CC[C@]2(O)C(=O)COC(=O)CCC(=O)O. The first kappa shape index (κ1) is 24.1. The molecule has 0 heterocycles. The molecule has 3 N–H and O–H groups in total. The molecule has 33 heavy (non-hydrogen) atoms. The molecule has 182 valence electrons. The molecule has 0 aromatic carbocycles. The van der Waals surface area contributed by atoms with Gasteiger partial charge in [0.15, 0.2) is 12.4 Å². The van der Waals surface area contributed by atoms with Gasteiger partial charge in [-0.15, -0.1) is 0 Å². The summed E-state index contributed by atoms with van der Waals surface area (Å²) in [7, 11) is 0. The Hall–Kier alpha value is -2.06. The average Bonchev–Trinajstić information content (AvgIpc) is 3.02. The van der Waals surface area contributed by atoms with Gasteiger partial charge in [-0.1, -0.05) is 19.4 Å². The summed E-state index contributed by atoms with van der Waals surface area (Å²) in [5.74, 6) is -2.20. The number of carboxylic acids is 1. The summed E-state index contributed by atoms with van der Waals surface area (Å²) in [5, 5.41) is 31.6. The molecule has 0 aromatic heterocycles. The van der Waals surface area contributed by atoms with Crippen molar-refractivity contribution in [2.75, 3.05) is 6.61 Å². The lowest BCUT2D eigenvalue weighted by molar-refractivity contribution is -0.184. The number of ether oxygens (including phenoxy) is 1. The van der Waals surface area contributed by atoms with Gasteiger partial charge in [-0.2, -0.15) is 0 Å². The number of carboxylic acid groups (broad SMARTS) is 1. The molecule has 4 aliphatic carbocycles. The molecule has 3 fully saturated rings. The van der Waals surface area contributed by atoms with Gasteiger partial charge in [-0.05, 0) is 67.8 Å². The normalized spacial score (nSPS) is 41.9. The van der Waals surface area contributed by atoms with Crippen LogP contribution in [0.2, 0.25) is 0 Å².